The van der Waals surface area contributed by atoms with E-state index in [1.54, 1.807) is 0 Å². The van der Waals surface area contributed by atoms with E-state index in [0.29, 0.717) is 12.1 Å². The molecule has 1 aromatic heterocycles. The Balaban J connectivity index is 3.36. The fourth-order valence-corrected chi connectivity index (χ4v) is 1.39. The van der Waals surface area contributed by atoms with E-state index in [1.807, 2.05) is 0 Å². The van der Waals surface area contributed by atoms with Crippen LogP contribution in [0.25, 0.3) is 5.70 Å². The minimum atomic E-state index is -4.69. The van der Waals surface area contributed by atoms with Gasteiger partial charge >= 0.3 is 6.18 Å². The Labute approximate surface area is 110 Å². The maximum atomic E-state index is 12.7. The molecule has 1 aromatic rings. The van der Waals surface area contributed by atoms with Crippen LogP contribution in [0, 0.1) is 0 Å². The van der Waals surface area contributed by atoms with Crippen LogP contribution < -0.4 is 17.2 Å². The number of hydrogen-bond acceptors (Lipinski definition) is 4. The highest BCUT2D eigenvalue weighted by atomic mass is 19.4. The number of pyridine rings is 1. The zero-order valence-corrected chi connectivity index (χ0v) is 9.96. The molecule has 0 bridgehead atoms. The minimum absolute atomic E-state index is 0.528. The first-order valence-corrected chi connectivity index (χ1v) is 5.16. The van der Waals surface area contributed by atoms with E-state index in [9.17, 15) is 22.0 Å². The molecule has 0 saturated heterocycles. The molecule has 0 aliphatic heterocycles. The largest absolute Gasteiger partial charge is 0.417 e. The van der Waals surface area contributed by atoms with Crippen molar-refractivity contribution in [3.63, 3.8) is 0 Å². The van der Waals surface area contributed by atoms with Crippen LogP contribution in [0.15, 0.2) is 35.9 Å². The van der Waals surface area contributed by atoms with Crippen molar-refractivity contribution >= 4 is 5.70 Å². The highest BCUT2D eigenvalue weighted by Crippen LogP contribution is 2.33. The van der Waals surface area contributed by atoms with Gasteiger partial charge in [0.15, 0.2) is 0 Å². The van der Waals surface area contributed by atoms with E-state index < -0.39 is 40.8 Å². The van der Waals surface area contributed by atoms with Gasteiger partial charge in [0.25, 0.3) is 6.43 Å². The van der Waals surface area contributed by atoms with Crippen molar-refractivity contribution in [2.24, 2.45) is 17.2 Å². The van der Waals surface area contributed by atoms with Gasteiger partial charge < -0.3 is 17.2 Å². The van der Waals surface area contributed by atoms with Crippen LogP contribution in [0.4, 0.5) is 22.0 Å². The zero-order valence-electron chi connectivity index (χ0n) is 9.96. The van der Waals surface area contributed by atoms with Crippen molar-refractivity contribution in [3.8, 4) is 0 Å². The summed E-state index contributed by atoms with van der Waals surface area (Å²) in [6, 6.07) is 0.688. The minimum Gasteiger partial charge on any atom is -0.398 e. The van der Waals surface area contributed by atoms with Crippen LogP contribution >= 0.6 is 0 Å². The number of alkyl halides is 5. The van der Waals surface area contributed by atoms with Gasteiger partial charge in [-0.15, -0.1) is 0 Å². The van der Waals surface area contributed by atoms with Crippen LogP contribution in [0.5, 0.6) is 0 Å². The molecule has 0 spiro atoms. The number of nitrogens with two attached hydrogens (primary N) is 3. The Bertz CT molecular complexity index is 544. The van der Waals surface area contributed by atoms with Gasteiger partial charge in [0.05, 0.1) is 11.1 Å². The van der Waals surface area contributed by atoms with Gasteiger partial charge in [-0.3, -0.25) is 4.98 Å². The first kappa shape index (κ1) is 15.7. The maximum absolute atomic E-state index is 12.7. The summed E-state index contributed by atoms with van der Waals surface area (Å²) in [6.45, 7) is 0. The molecule has 4 nitrogen and oxygen atoms in total. The van der Waals surface area contributed by atoms with Crippen molar-refractivity contribution in [2.75, 3.05) is 0 Å². The van der Waals surface area contributed by atoms with Gasteiger partial charge in [-0.05, 0) is 12.1 Å². The van der Waals surface area contributed by atoms with Gasteiger partial charge in [0.2, 0.25) is 0 Å². The lowest BCUT2D eigenvalue weighted by Gasteiger charge is -2.13. The Hall–Kier alpha value is -2.32. The number of hydrogen-bond donors (Lipinski definition) is 3. The lowest BCUT2D eigenvalue weighted by atomic mass is 10.1. The smallest absolute Gasteiger partial charge is 0.398 e. The van der Waals surface area contributed by atoms with Gasteiger partial charge in [-0.2, -0.15) is 13.2 Å². The van der Waals surface area contributed by atoms with Crippen molar-refractivity contribution < 1.29 is 22.0 Å². The third-order valence-electron chi connectivity index (χ3n) is 2.32. The second-order valence-electron chi connectivity index (χ2n) is 3.73. The highest BCUT2D eigenvalue weighted by molar-refractivity contribution is 5.68. The van der Waals surface area contributed by atoms with Crippen molar-refractivity contribution in [1.29, 1.82) is 0 Å². The predicted molar refractivity (Wildman–Crippen MR) is 62.8 cm³/mol. The molecule has 0 unspecified atom stereocenters. The summed E-state index contributed by atoms with van der Waals surface area (Å²) < 4.78 is 63.4. The van der Waals surface area contributed by atoms with Gasteiger partial charge in [0.1, 0.15) is 5.82 Å². The topological polar surface area (TPSA) is 91.0 Å². The molecular formula is C11H11F5N4. The van der Waals surface area contributed by atoms with Crippen LogP contribution in [0.3, 0.4) is 0 Å². The van der Waals surface area contributed by atoms with E-state index in [1.165, 1.54) is 0 Å². The molecule has 0 atom stereocenters. The molecule has 0 aliphatic rings. The van der Waals surface area contributed by atoms with Crippen LogP contribution in [-0.2, 0) is 6.18 Å². The average Bonchev–Trinajstić information content (AvgIpc) is 2.33. The first-order chi connectivity index (χ1) is 9.14. The molecule has 1 heterocycles. The number of allylic oxidation sites excluding steroid dienone is 2. The predicted octanol–water partition coefficient (Wildman–Crippen LogP) is 1.79. The fraction of sp³-hybridized carbons (Fsp3) is 0.182. The second-order valence-corrected chi connectivity index (χ2v) is 3.73. The van der Waals surface area contributed by atoms with Crippen LogP contribution in [0.2, 0.25) is 0 Å². The molecule has 0 radical (unpaired) electrons. The van der Waals surface area contributed by atoms with E-state index >= 15 is 0 Å². The standard InChI is InChI=1S/C11H11F5N4/c12-9(13)5(10(18)19)3-8(17)6-4-20-2-1-7(6)11(14,15)16/h1-4,9H,17-19H2/b8-3-. The van der Waals surface area contributed by atoms with Crippen molar-refractivity contribution in [3.05, 3.63) is 47.1 Å². The summed E-state index contributed by atoms with van der Waals surface area (Å²) in [7, 11) is 0. The molecular weight excluding hydrogens is 283 g/mol. The normalized spacial score (nSPS) is 12.6. The van der Waals surface area contributed by atoms with Gasteiger partial charge in [-0.1, -0.05) is 0 Å². The molecule has 0 amide bonds. The molecule has 6 N–H and O–H groups in total. The molecule has 0 saturated carbocycles. The summed E-state index contributed by atoms with van der Waals surface area (Å²) in [5.74, 6) is -0.722. The van der Waals surface area contributed by atoms with E-state index in [-0.39, 0.29) is 0 Å². The van der Waals surface area contributed by atoms with Gasteiger partial charge in [0, 0.05) is 23.7 Å². The van der Waals surface area contributed by atoms with Crippen LogP contribution in [-0.4, -0.2) is 11.4 Å². The first-order valence-electron chi connectivity index (χ1n) is 5.16. The summed E-state index contributed by atoms with van der Waals surface area (Å²) in [6.07, 6.45) is -5.42. The number of rotatable bonds is 3. The Kier molecular flexibility index (Phi) is 4.53. The Morgan fingerprint density at radius 2 is 1.80 bits per heavy atom. The molecule has 110 valence electrons. The third kappa shape index (κ3) is 3.59. The highest BCUT2D eigenvalue weighted by Gasteiger charge is 2.34. The Morgan fingerprint density at radius 3 is 2.25 bits per heavy atom. The van der Waals surface area contributed by atoms with E-state index in [2.05, 4.69) is 4.98 Å². The SMILES string of the molecule is NC(N)=C(/C=C(\N)c1cnccc1C(F)(F)F)C(F)F. The van der Waals surface area contributed by atoms with Crippen molar-refractivity contribution in [2.45, 2.75) is 12.6 Å². The Morgan fingerprint density at radius 1 is 1.20 bits per heavy atom. The molecule has 9 heteroatoms. The summed E-state index contributed by atoms with van der Waals surface area (Å²) in [5.41, 5.74) is 12.4. The average molecular weight is 294 g/mol. The molecule has 0 aromatic carbocycles. The van der Waals surface area contributed by atoms with Gasteiger partial charge in [-0.25, -0.2) is 8.78 Å². The van der Waals surface area contributed by atoms with E-state index in [4.69, 9.17) is 17.2 Å². The van der Waals surface area contributed by atoms with Crippen molar-refractivity contribution in [1.82, 2.24) is 4.98 Å². The lowest BCUT2D eigenvalue weighted by Crippen LogP contribution is -2.17. The third-order valence-corrected chi connectivity index (χ3v) is 2.32. The maximum Gasteiger partial charge on any atom is 0.417 e. The molecule has 0 fully saturated rings. The quantitative estimate of drug-likeness (QED) is 0.585. The lowest BCUT2D eigenvalue weighted by molar-refractivity contribution is -0.137. The number of nitrogens with zero attached hydrogens (tertiary/aromatic N) is 1. The monoisotopic (exact) mass is 294 g/mol. The summed E-state index contributed by atoms with van der Waals surface area (Å²) in [5, 5.41) is 0. The summed E-state index contributed by atoms with van der Waals surface area (Å²) >= 11 is 0. The summed E-state index contributed by atoms with van der Waals surface area (Å²) in [4.78, 5) is 3.49. The zero-order chi connectivity index (χ0) is 15.5. The molecule has 0 aliphatic carbocycles. The molecule has 1 rings (SSSR count). The van der Waals surface area contributed by atoms with E-state index in [0.717, 1.165) is 12.4 Å². The fourth-order valence-electron chi connectivity index (χ4n) is 1.39. The number of halogens is 5. The molecule has 20 heavy (non-hydrogen) atoms. The number of aromatic nitrogens is 1. The van der Waals surface area contributed by atoms with Crippen LogP contribution in [0.1, 0.15) is 11.1 Å². The second kappa shape index (κ2) is 5.76.